The Kier molecular flexibility index (Phi) is 9.33. The summed E-state index contributed by atoms with van der Waals surface area (Å²) in [5.74, 6) is 0.0401. The molecule has 2 unspecified atom stereocenters. The van der Waals surface area contributed by atoms with Crippen molar-refractivity contribution >= 4 is 42.1 Å². The number of hydrogen-bond acceptors (Lipinski definition) is 5. The monoisotopic (exact) mass is 341 g/mol. The first-order chi connectivity index (χ1) is 8.65. The standard InChI is InChI=1S/C12H19N3O2S.2ClH/c1-8-7-18-12(14-8)9(2)15-11(16)5-10-6-17-4-3-13-10;;/h7,9-10,13H,3-6H2,1-2H3,(H,15,16);2*1H. The lowest BCUT2D eigenvalue weighted by Crippen LogP contribution is -2.44. The Morgan fingerprint density at radius 3 is 2.95 bits per heavy atom. The van der Waals surface area contributed by atoms with Crippen molar-refractivity contribution in [2.45, 2.75) is 32.4 Å². The predicted molar refractivity (Wildman–Crippen MR) is 85.1 cm³/mol. The molecule has 20 heavy (non-hydrogen) atoms. The molecule has 0 bridgehead atoms. The van der Waals surface area contributed by atoms with E-state index in [0.717, 1.165) is 23.9 Å². The second-order valence-corrected chi connectivity index (χ2v) is 5.44. The van der Waals surface area contributed by atoms with Crippen molar-refractivity contribution in [2.75, 3.05) is 19.8 Å². The third kappa shape index (κ3) is 5.93. The number of rotatable bonds is 4. The van der Waals surface area contributed by atoms with Gasteiger partial charge in [0.1, 0.15) is 5.01 Å². The average Bonchev–Trinajstić information content (AvgIpc) is 2.77. The molecule has 116 valence electrons. The van der Waals surface area contributed by atoms with Gasteiger partial charge in [0.25, 0.3) is 0 Å². The normalized spacial score (nSPS) is 19.4. The van der Waals surface area contributed by atoms with Gasteiger partial charge in [0.2, 0.25) is 5.91 Å². The smallest absolute Gasteiger partial charge is 0.222 e. The van der Waals surface area contributed by atoms with Crippen LogP contribution in [0.2, 0.25) is 0 Å². The first-order valence-electron chi connectivity index (χ1n) is 6.17. The first kappa shape index (κ1) is 19.6. The fourth-order valence-corrected chi connectivity index (χ4v) is 2.71. The number of halogens is 2. The second kappa shape index (κ2) is 9.52. The van der Waals surface area contributed by atoms with Gasteiger partial charge in [0.05, 0.1) is 19.3 Å². The molecular weight excluding hydrogens is 321 g/mol. The number of morpholine rings is 1. The molecule has 2 N–H and O–H groups in total. The summed E-state index contributed by atoms with van der Waals surface area (Å²) in [5, 5.41) is 9.19. The maximum atomic E-state index is 11.9. The van der Waals surface area contributed by atoms with Crippen molar-refractivity contribution in [1.82, 2.24) is 15.6 Å². The maximum absolute atomic E-state index is 11.9. The Morgan fingerprint density at radius 2 is 2.40 bits per heavy atom. The molecule has 1 fully saturated rings. The molecule has 8 heteroatoms. The summed E-state index contributed by atoms with van der Waals surface area (Å²) in [5.41, 5.74) is 0.999. The summed E-state index contributed by atoms with van der Waals surface area (Å²) in [6, 6.07) is 0.102. The van der Waals surface area contributed by atoms with E-state index in [1.54, 1.807) is 11.3 Å². The highest BCUT2D eigenvalue weighted by Gasteiger charge is 2.19. The lowest BCUT2D eigenvalue weighted by Gasteiger charge is -2.23. The Bertz CT molecular complexity index is 411. The maximum Gasteiger partial charge on any atom is 0.222 e. The van der Waals surface area contributed by atoms with E-state index in [1.807, 2.05) is 19.2 Å². The molecule has 1 saturated heterocycles. The predicted octanol–water partition coefficient (Wildman–Crippen LogP) is 1.85. The molecule has 0 aliphatic carbocycles. The number of aromatic nitrogens is 1. The number of carbonyl (C=O) groups excluding carboxylic acids is 1. The Morgan fingerprint density at radius 1 is 1.65 bits per heavy atom. The molecule has 2 heterocycles. The molecule has 0 spiro atoms. The molecule has 2 atom stereocenters. The molecule has 1 aliphatic rings. The molecule has 0 aromatic carbocycles. The van der Waals surface area contributed by atoms with Gasteiger partial charge in [-0.2, -0.15) is 0 Å². The van der Waals surface area contributed by atoms with Crippen LogP contribution in [0.5, 0.6) is 0 Å². The Hall–Kier alpha value is -0.400. The van der Waals surface area contributed by atoms with Crippen LogP contribution in [0.15, 0.2) is 5.38 Å². The number of aryl methyl sites for hydroxylation is 1. The van der Waals surface area contributed by atoms with E-state index in [1.165, 1.54) is 0 Å². The van der Waals surface area contributed by atoms with Crippen LogP contribution in [0.4, 0.5) is 0 Å². The first-order valence-corrected chi connectivity index (χ1v) is 7.05. The van der Waals surface area contributed by atoms with Crippen LogP contribution in [0.25, 0.3) is 0 Å². The van der Waals surface area contributed by atoms with E-state index in [4.69, 9.17) is 4.74 Å². The number of ether oxygens (including phenoxy) is 1. The molecule has 0 saturated carbocycles. The minimum Gasteiger partial charge on any atom is -0.378 e. The zero-order valence-corrected chi connectivity index (χ0v) is 14.0. The van der Waals surface area contributed by atoms with Crippen LogP contribution in [-0.4, -0.2) is 36.7 Å². The van der Waals surface area contributed by atoms with Crippen molar-refractivity contribution in [3.8, 4) is 0 Å². The Balaban J connectivity index is 0.00000180. The van der Waals surface area contributed by atoms with Crippen molar-refractivity contribution in [3.05, 3.63) is 16.1 Å². The SMILES string of the molecule is Cc1csc(C(C)NC(=O)CC2COCCN2)n1.Cl.Cl. The van der Waals surface area contributed by atoms with Crippen LogP contribution in [0, 0.1) is 6.92 Å². The molecular formula is C12H21Cl2N3O2S. The largest absolute Gasteiger partial charge is 0.378 e. The summed E-state index contributed by atoms with van der Waals surface area (Å²) >= 11 is 1.58. The fourth-order valence-electron chi connectivity index (χ4n) is 1.91. The van der Waals surface area contributed by atoms with E-state index in [2.05, 4.69) is 15.6 Å². The topological polar surface area (TPSA) is 63.2 Å². The van der Waals surface area contributed by atoms with Crippen LogP contribution in [0.3, 0.4) is 0 Å². The van der Waals surface area contributed by atoms with E-state index < -0.39 is 0 Å². The quantitative estimate of drug-likeness (QED) is 0.877. The highest BCUT2D eigenvalue weighted by molar-refractivity contribution is 7.09. The minimum atomic E-state index is -0.0271. The van der Waals surface area contributed by atoms with Crippen LogP contribution in [-0.2, 0) is 9.53 Å². The summed E-state index contributed by atoms with van der Waals surface area (Å²) < 4.78 is 5.32. The molecule has 5 nitrogen and oxygen atoms in total. The van der Waals surface area contributed by atoms with Crippen molar-refractivity contribution in [2.24, 2.45) is 0 Å². The Labute approximate surface area is 135 Å². The van der Waals surface area contributed by atoms with Gasteiger partial charge in [0, 0.05) is 30.1 Å². The number of amides is 1. The highest BCUT2D eigenvalue weighted by atomic mass is 35.5. The van der Waals surface area contributed by atoms with Crippen LogP contribution < -0.4 is 10.6 Å². The fraction of sp³-hybridized carbons (Fsp3) is 0.667. The van der Waals surface area contributed by atoms with Gasteiger partial charge in [-0.1, -0.05) is 0 Å². The van der Waals surface area contributed by atoms with Gasteiger partial charge in [-0.25, -0.2) is 4.98 Å². The van der Waals surface area contributed by atoms with E-state index in [9.17, 15) is 4.79 Å². The lowest BCUT2D eigenvalue weighted by molar-refractivity contribution is -0.122. The summed E-state index contributed by atoms with van der Waals surface area (Å²) in [4.78, 5) is 16.2. The molecule has 1 aliphatic heterocycles. The second-order valence-electron chi connectivity index (χ2n) is 4.55. The van der Waals surface area contributed by atoms with Gasteiger partial charge >= 0.3 is 0 Å². The minimum absolute atomic E-state index is 0. The van der Waals surface area contributed by atoms with Crippen LogP contribution >= 0.6 is 36.2 Å². The number of hydrogen-bond donors (Lipinski definition) is 2. The van der Waals surface area contributed by atoms with Crippen molar-refractivity contribution in [3.63, 3.8) is 0 Å². The average molecular weight is 342 g/mol. The molecule has 1 aromatic heterocycles. The zero-order chi connectivity index (χ0) is 13.0. The highest BCUT2D eigenvalue weighted by Crippen LogP contribution is 2.17. The van der Waals surface area contributed by atoms with Gasteiger partial charge in [-0.05, 0) is 13.8 Å². The third-order valence-corrected chi connectivity index (χ3v) is 3.96. The van der Waals surface area contributed by atoms with Gasteiger partial charge in [-0.15, -0.1) is 36.2 Å². The van der Waals surface area contributed by atoms with E-state index >= 15 is 0 Å². The number of thiazole rings is 1. The van der Waals surface area contributed by atoms with E-state index in [0.29, 0.717) is 13.0 Å². The van der Waals surface area contributed by atoms with Crippen LogP contribution in [0.1, 0.15) is 30.1 Å². The zero-order valence-electron chi connectivity index (χ0n) is 11.5. The number of nitrogens with zero attached hydrogens (tertiary/aromatic N) is 1. The molecule has 1 amide bonds. The molecule has 0 radical (unpaired) electrons. The molecule has 2 rings (SSSR count). The van der Waals surface area contributed by atoms with E-state index in [-0.39, 0.29) is 42.8 Å². The lowest BCUT2D eigenvalue weighted by atomic mass is 10.2. The van der Waals surface area contributed by atoms with Gasteiger partial charge in [0.15, 0.2) is 0 Å². The summed E-state index contributed by atoms with van der Waals surface area (Å²) in [6.45, 7) is 6.07. The number of carbonyl (C=O) groups is 1. The van der Waals surface area contributed by atoms with Crippen molar-refractivity contribution in [1.29, 1.82) is 0 Å². The summed E-state index contributed by atoms with van der Waals surface area (Å²) in [6.07, 6.45) is 0.453. The summed E-state index contributed by atoms with van der Waals surface area (Å²) in [7, 11) is 0. The number of nitrogens with one attached hydrogen (secondary N) is 2. The van der Waals surface area contributed by atoms with Crippen molar-refractivity contribution < 1.29 is 9.53 Å². The van der Waals surface area contributed by atoms with Gasteiger partial charge < -0.3 is 15.4 Å². The third-order valence-electron chi connectivity index (χ3n) is 2.81. The van der Waals surface area contributed by atoms with Gasteiger partial charge in [-0.3, -0.25) is 4.79 Å². The molecule has 1 aromatic rings.